The normalized spacial score (nSPS) is 10.4. The smallest absolute Gasteiger partial charge is 0.270 e. The molecule has 110 valence electrons. The highest BCUT2D eigenvalue weighted by atomic mass is 16.6. The van der Waals surface area contributed by atoms with Crippen molar-refractivity contribution in [2.75, 3.05) is 0 Å². The number of rotatable bonds is 5. The number of nitro benzene ring substituents is 1. The van der Waals surface area contributed by atoms with Crippen LogP contribution in [0.15, 0.2) is 36.4 Å². The first-order chi connectivity index (χ1) is 10.0. The van der Waals surface area contributed by atoms with Crippen molar-refractivity contribution in [3.8, 4) is 5.75 Å². The minimum atomic E-state index is -0.438. The van der Waals surface area contributed by atoms with Crippen molar-refractivity contribution >= 4 is 5.69 Å². The lowest BCUT2D eigenvalue weighted by atomic mass is 10.1. The molecule has 5 heteroatoms. The average Bonchev–Trinajstić information content (AvgIpc) is 2.48. The topological polar surface area (TPSA) is 78.4 Å². The summed E-state index contributed by atoms with van der Waals surface area (Å²) in [4.78, 5) is 10.3. The van der Waals surface area contributed by atoms with E-state index in [1.165, 1.54) is 23.3 Å². The van der Waals surface area contributed by atoms with Gasteiger partial charge in [-0.05, 0) is 36.6 Å². The molecule has 0 atom stereocenters. The van der Waals surface area contributed by atoms with E-state index in [-0.39, 0.29) is 12.2 Å². The maximum absolute atomic E-state index is 10.8. The predicted octanol–water partition coefficient (Wildman–Crippen LogP) is 3.25. The second-order valence-corrected chi connectivity index (χ2v) is 4.96. The number of nitro groups is 1. The Morgan fingerprint density at radius 2 is 1.90 bits per heavy atom. The van der Waals surface area contributed by atoms with Gasteiger partial charge in [-0.1, -0.05) is 18.2 Å². The molecule has 0 radical (unpaired) electrons. The standard InChI is InChI=1S/C16H18N2O3/c1-11-3-4-13(7-12(11)2)10-21-16-6-5-15(18(19)20)8-14(16)9-17/h3-8H,9-10,17H2,1-2H3. The summed E-state index contributed by atoms with van der Waals surface area (Å²) >= 11 is 0. The van der Waals surface area contributed by atoms with E-state index in [1.807, 2.05) is 12.1 Å². The van der Waals surface area contributed by atoms with E-state index in [9.17, 15) is 10.1 Å². The Balaban J connectivity index is 2.15. The van der Waals surface area contributed by atoms with Crippen LogP contribution in [-0.4, -0.2) is 4.92 Å². The SMILES string of the molecule is Cc1ccc(COc2ccc([N+](=O)[O-])cc2CN)cc1C. The highest BCUT2D eigenvalue weighted by molar-refractivity contribution is 5.44. The molecule has 0 aliphatic carbocycles. The molecule has 0 aliphatic rings. The van der Waals surface area contributed by atoms with Crippen molar-refractivity contribution in [2.24, 2.45) is 5.73 Å². The molecule has 0 fully saturated rings. The lowest BCUT2D eigenvalue weighted by Gasteiger charge is -2.11. The fraction of sp³-hybridized carbons (Fsp3) is 0.250. The number of ether oxygens (including phenoxy) is 1. The molecule has 0 heterocycles. The van der Waals surface area contributed by atoms with Gasteiger partial charge >= 0.3 is 0 Å². The van der Waals surface area contributed by atoms with Gasteiger partial charge in [0.1, 0.15) is 12.4 Å². The Hall–Kier alpha value is -2.40. The van der Waals surface area contributed by atoms with Gasteiger partial charge in [0.2, 0.25) is 0 Å². The monoisotopic (exact) mass is 286 g/mol. The van der Waals surface area contributed by atoms with Crippen molar-refractivity contribution in [2.45, 2.75) is 27.0 Å². The predicted molar refractivity (Wildman–Crippen MR) is 81.2 cm³/mol. The first kappa shape index (κ1) is 15.0. The second kappa shape index (κ2) is 6.37. The third-order valence-corrected chi connectivity index (χ3v) is 3.44. The number of benzene rings is 2. The number of non-ortho nitro benzene ring substituents is 1. The van der Waals surface area contributed by atoms with E-state index in [0.717, 1.165) is 5.56 Å². The van der Waals surface area contributed by atoms with Crippen LogP contribution < -0.4 is 10.5 Å². The quantitative estimate of drug-likeness (QED) is 0.676. The van der Waals surface area contributed by atoms with Crippen molar-refractivity contribution in [1.82, 2.24) is 0 Å². The summed E-state index contributed by atoms with van der Waals surface area (Å²) in [6.45, 7) is 4.72. The maximum Gasteiger partial charge on any atom is 0.270 e. The molecule has 0 saturated heterocycles. The van der Waals surface area contributed by atoms with Crippen LogP contribution in [0.25, 0.3) is 0 Å². The van der Waals surface area contributed by atoms with Crippen LogP contribution in [0, 0.1) is 24.0 Å². The molecule has 0 spiro atoms. The highest BCUT2D eigenvalue weighted by Crippen LogP contribution is 2.25. The largest absolute Gasteiger partial charge is 0.489 e. The van der Waals surface area contributed by atoms with Crippen molar-refractivity contribution in [3.05, 3.63) is 68.8 Å². The molecule has 0 aliphatic heterocycles. The average molecular weight is 286 g/mol. The van der Waals surface area contributed by atoms with Gasteiger partial charge in [-0.2, -0.15) is 0 Å². The van der Waals surface area contributed by atoms with Gasteiger partial charge < -0.3 is 10.5 Å². The Morgan fingerprint density at radius 3 is 2.52 bits per heavy atom. The van der Waals surface area contributed by atoms with Gasteiger partial charge in [-0.25, -0.2) is 0 Å². The molecule has 2 N–H and O–H groups in total. The van der Waals surface area contributed by atoms with Crippen molar-refractivity contribution < 1.29 is 9.66 Å². The number of nitrogens with two attached hydrogens (primary N) is 1. The molecule has 0 aromatic heterocycles. The highest BCUT2D eigenvalue weighted by Gasteiger charge is 2.11. The lowest BCUT2D eigenvalue weighted by Crippen LogP contribution is -2.04. The van der Waals surface area contributed by atoms with Gasteiger partial charge in [0.05, 0.1) is 4.92 Å². The number of aryl methyl sites for hydroxylation is 2. The number of nitrogens with zero attached hydrogens (tertiary/aromatic N) is 1. The van der Waals surface area contributed by atoms with Gasteiger partial charge in [-0.3, -0.25) is 10.1 Å². The molecule has 2 aromatic rings. The summed E-state index contributed by atoms with van der Waals surface area (Å²) in [7, 11) is 0. The Kier molecular flexibility index (Phi) is 4.55. The van der Waals surface area contributed by atoms with Crippen molar-refractivity contribution in [1.29, 1.82) is 0 Å². The summed E-state index contributed by atoms with van der Waals surface area (Å²) in [5.41, 5.74) is 9.78. The van der Waals surface area contributed by atoms with Crippen LogP contribution in [0.1, 0.15) is 22.3 Å². The minimum Gasteiger partial charge on any atom is -0.489 e. The lowest BCUT2D eigenvalue weighted by molar-refractivity contribution is -0.384. The molecule has 0 bridgehead atoms. The zero-order chi connectivity index (χ0) is 15.4. The van der Waals surface area contributed by atoms with Gasteiger partial charge in [0.15, 0.2) is 0 Å². The van der Waals surface area contributed by atoms with Crippen molar-refractivity contribution in [3.63, 3.8) is 0 Å². The molecule has 21 heavy (non-hydrogen) atoms. The Morgan fingerprint density at radius 1 is 1.14 bits per heavy atom. The Labute approximate surface area is 123 Å². The molecular weight excluding hydrogens is 268 g/mol. The summed E-state index contributed by atoms with van der Waals surface area (Å²) in [6, 6.07) is 10.6. The molecule has 2 aromatic carbocycles. The van der Waals surface area contributed by atoms with Gasteiger partial charge in [-0.15, -0.1) is 0 Å². The molecule has 0 amide bonds. The van der Waals surface area contributed by atoms with E-state index in [0.29, 0.717) is 17.9 Å². The summed E-state index contributed by atoms with van der Waals surface area (Å²) in [5, 5.41) is 10.8. The maximum atomic E-state index is 10.8. The molecule has 0 unspecified atom stereocenters. The summed E-state index contributed by atoms with van der Waals surface area (Å²) in [5.74, 6) is 0.585. The Bertz CT molecular complexity index is 669. The molecule has 2 rings (SSSR count). The van der Waals surface area contributed by atoms with E-state index in [1.54, 1.807) is 6.07 Å². The van der Waals surface area contributed by atoms with Crippen LogP contribution in [-0.2, 0) is 13.2 Å². The first-order valence-corrected chi connectivity index (χ1v) is 6.67. The summed E-state index contributed by atoms with van der Waals surface area (Å²) in [6.07, 6.45) is 0. The van der Waals surface area contributed by atoms with Gasteiger partial charge in [0, 0.05) is 24.2 Å². The van der Waals surface area contributed by atoms with Crippen LogP contribution in [0.2, 0.25) is 0 Å². The van der Waals surface area contributed by atoms with Crippen LogP contribution in [0.4, 0.5) is 5.69 Å². The van der Waals surface area contributed by atoms with Gasteiger partial charge in [0.25, 0.3) is 5.69 Å². The third-order valence-electron chi connectivity index (χ3n) is 3.44. The number of hydrogen-bond donors (Lipinski definition) is 1. The number of hydrogen-bond acceptors (Lipinski definition) is 4. The minimum absolute atomic E-state index is 0.0222. The molecular formula is C16H18N2O3. The van der Waals surface area contributed by atoms with E-state index >= 15 is 0 Å². The van der Waals surface area contributed by atoms with Crippen LogP contribution in [0.3, 0.4) is 0 Å². The second-order valence-electron chi connectivity index (χ2n) is 4.96. The van der Waals surface area contributed by atoms with Crippen LogP contribution in [0.5, 0.6) is 5.75 Å². The fourth-order valence-electron chi connectivity index (χ4n) is 2.03. The molecule has 0 saturated carbocycles. The third kappa shape index (κ3) is 3.58. The zero-order valence-electron chi connectivity index (χ0n) is 12.1. The molecule has 5 nitrogen and oxygen atoms in total. The fourth-order valence-corrected chi connectivity index (χ4v) is 2.03. The van der Waals surface area contributed by atoms with E-state index in [2.05, 4.69) is 19.9 Å². The van der Waals surface area contributed by atoms with Crippen LogP contribution >= 0.6 is 0 Å². The first-order valence-electron chi connectivity index (χ1n) is 6.67. The van der Waals surface area contributed by atoms with E-state index < -0.39 is 4.92 Å². The zero-order valence-corrected chi connectivity index (χ0v) is 12.1. The van der Waals surface area contributed by atoms with E-state index in [4.69, 9.17) is 10.5 Å². The summed E-state index contributed by atoms with van der Waals surface area (Å²) < 4.78 is 5.74.